The molecule has 7 nitrogen and oxygen atoms in total. The van der Waals surface area contributed by atoms with Crippen LogP contribution in [0.4, 0.5) is 5.82 Å². The number of carbonyl (C=O) groups is 1. The van der Waals surface area contributed by atoms with Crippen molar-refractivity contribution in [3.63, 3.8) is 0 Å². The minimum absolute atomic E-state index is 0.102. The van der Waals surface area contributed by atoms with Gasteiger partial charge in [0.15, 0.2) is 5.69 Å². The SMILES string of the molecule is COCC(O)CCNc1ccc(C(=O)O)nn1. The average Bonchev–Trinajstić information content (AvgIpc) is 2.30. The van der Waals surface area contributed by atoms with Crippen molar-refractivity contribution < 1.29 is 19.7 Å². The van der Waals surface area contributed by atoms with Crippen LogP contribution in [0.5, 0.6) is 0 Å². The highest BCUT2D eigenvalue weighted by Crippen LogP contribution is 2.02. The predicted octanol–water partition coefficient (Wildman–Crippen LogP) is -0.0159. The fraction of sp³-hybridized carbons (Fsp3) is 0.500. The maximum absolute atomic E-state index is 10.5. The van der Waals surface area contributed by atoms with Crippen molar-refractivity contribution in [2.24, 2.45) is 0 Å². The summed E-state index contributed by atoms with van der Waals surface area (Å²) in [5.74, 6) is -0.640. The molecule has 1 aromatic heterocycles. The molecular weight excluding hydrogens is 226 g/mol. The number of aliphatic hydroxyl groups excluding tert-OH is 1. The molecule has 1 rings (SSSR count). The summed E-state index contributed by atoms with van der Waals surface area (Å²) in [7, 11) is 1.52. The van der Waals surface area contributed by atoms with E-state index in [-0.39, 0.29) is 12.3 Å². The van der Waals surface area contributed by atoms with Crippen LogP contribution in [0, 0.1) is 0 Å². The van der Waals surface area contributed by atoms with Gasteiger partial charge in [-0.15, -0.1) is 10.2 Å². The zero-order valence-electron chi connectivity index (χ0n) is 9.46. The number of aromatic nitrogens is 2. The van der Waals surface area contributed by atoms with E-state index in [1.54, 1.807) is 0 Å². The molecule has 0 saturated heterocycles. The average molecular weight is 241 g/mol. The molecule has 0 aliphatic rings. The van der Waals surface area contributed by atoms with Crippen LogP contribution in [0.15, 0.2) is 12.1 Å². The van der Waals surface area contributed by atoms with Crippen molar-refractivity contribution in [3.05, 3.63) is 17.8 Å². The smallest absolute Gasteiger partial charge is 0.356 e. The standard InChI is InChI=1S/C10H15N3O4/c1-17-6-7(14)4-5-11-9-3-2-8(10(15)16)12-13-9/h2-3,7,14H,4-6H2,1H3,(H,11,13)(H,15,16). The van der Waals surface area contributed by atoms with Crippen molar-refractivity contribution >= 4 is 11.8 Å². The molecule has 0 aliphatic heterocycles. The van der Waals surface area contributed by atoms with Crippen molar-refractivity contribution in [2.45, 2.75) is 12.5 Å². The van der Waals surface area contributed by atoms with Gasteiger partial charge in [-0.25, -0.2) is 4.79 Å². The summed E-state index contributed by atoms with van der Waals surface area (Å²) < 4.78 is 4.78. The Morgan fingerprint density at radius 2 is 2.29 bits per heavy atom. The van der Waals surface area contributed by atoms with Crippen LogP contribution in [0.25, 0.3) is 0 Å². The summed E-state index contributed by atoms with van der Waals surface area (Å²) in [4.78, 5) is 10.5. The number of ether oxygens (including phenoxy) is 1. The van der Waals surface area contributed by atoms with Crippen LogP contribution in [0.3, 0.4) is 0 Å². The van der Waals surface area contributed by atoms with Gasteiger partial charge in [0.1, 0.15) is 5.82 Å². The zero-order chi connectivity index (χ0) is 12.7. The normalized spacial score (nSPS) is 12.1. The fourth-order valence-electron chi connectivity index (χ4n) is 1.18. The van der Waals surface area contributed by atoms with Crippen molar-refractivity contribution in [1.29, 1.82) is 0 Å². The summed E-state index contributed by atoms with van der Waals surface area (Å²) in [6.45, 7) is 0.789. The van der Waals surface area contributed by atoms with Gasteiger partial charge in [-0.2, -0.15) is 0 Å². The monoisotopic (exact) mass is 241 g/mol. The van der Waals surface area contributed by atoms with Crippen molar-refractivity contribution in [3.8, 4) is 0 Å². The predicted molar refractivity (Wildman–Crippen MR) is 60.0 cm³/mol. The highest BCUT2D eigenvalue weighted by molar-refractivity contribution is 5.85. The first-order chi connectivity index (χ1) is 8.13. The summed E-state index contributed by atoms with van der Waals surface area (Å²) >= 11 is 0. The number of methoxy groups -OCH3 is 1. The Morgan fingerprint density at radius 3 is 2.82 bits per heavy atom. The van der Waals surface area contributed by atoms with Gasteiger partial charge < -0.3 is 20.3 Å². The van der Waals surface area contributed by atoms with Gasteiger partial charge in [0.2, 0.25) is 0 Å². The van der Waals surface area contributed by atoms with E-state index >= 15 is 0 Å². The zero-order valence-corrected chi connectivity index (χ0v) is 9.46. The topological polar surface area (TPSA) is 105 Å². The van der Waals surface area contributed by atoms with E-state index in [2.05, 4.69) is 15.5 Å². The largest absolute Gasteiger partial charge is 0.476 e. The third kappa shape index (κ3) is 4.75. The third-order valence-corrected chi connectivity index (χ3v) is 2.03. The maximum Gasteiger partial charge on any atom is 0.356 e. The van der Waals surface area contributed by atoms with E-state index < -0.39 is 12.1 Å². The molecule has 0 bridgehead atoms. The highest BCUT2D eigenvalue weighted by Gasteiger charge is 2.06. The van der Waals surface area contributed by atoms with Gasteiger partial charge in [0.25, 0.3) is 0 Å². The molecule has 17 heavy (non-hydrogen) atoms. The van der Waals surface area contributed by atoms with Crippen LogP contribution < -0.4 is 5.32 Å². The molecule has 0 aliphatic carbocycles. The Kier molecular flexibility index (Phi) is 5.31. The molecular formula is C10H15N3O4. The molecule has 0 saturated carbocycles. The lowest BCUT2D eigenvalue weighted by atomic mass is 10.2. The van der Waals surface area contributed by atoms with Gasteiger partial charge in [0.05, 0.1) is 12.7 Å². The number of nitrogens with zero attached hydrogens (tertiary/aromatic N) is 2. The molecule has 0 amide bonds. The number of anilines is 1. The minimum atomic E-state index is -1.11. The van der Waals surface area contributed by atoms with Crippen LogP contribution in [-0.4, -0.2) is 52.7 Å². The maximum atomic E-state index is 10.5. The molecule has 7 heteroatoms. The summed E-state index contributed by atoms with van der Waals surface area (Å²) in [6, 6.07) is 2.89. The fourth-order valence-corrected chi connectivity index (χ4v) is 1.18. The molecule has 0 radical (unpaired) electrons. The van der Waals surface area contributed by atoms with Gasteiger partial charge in [-0.05, 0) is 18.6 Å². The molecule has 3 N–H and O–H groups in total. The second-order valence-electron chi connectivity index (χ2n) is 3.43. The molecule has 1 heterocycles. The van der Waals surface area contributed by atoms with E-state index in [1.165, 1.54) is 19.2 Å². The Hall–Kier alpha value is -1.73. The Labute approximate surface area is 98.4 Å². The number of aliphatic hydroxyl groups is 1. The van der Waals surface area contributed by atoms with Crippen LogP contribution in [0.1, 0.15) is 16.9 Å². The molecule has 1 atom stereocenters. The second kappa shape index (κ2) is 6.77. The quantitative estimate of drug-likeness (QED) is 0.616. The summed E-state index contributed by atoms with van der Waals surface area (Å²) in [5, 5.41) is 28.1. The van der Waals surface area contributed by atoms with Crippen molar-refractivity contribution in [2.75, 3.05) is 25.6 Å². The number of rotatable bonds is 7. The van der Waals surface area contributed by atoms with Gasteiger partial charge in [0, 0.05) is 13.7 Å². The van der Waals surface area contributed by atoms with E-state index in [0.717, 1.165) is 0 Å². The van der Waals surface area contributed by atoms with Crippen LogP contribution >= 0.6 is 0 Å². The molecule has 0 spiro atoms. The van der Waals surface area contributed by atoms with E-state index in [0.29, 0.717) is 18.8 Å². The van der Waals surface area contributed by atoms with E-state index in [1.807, 2.05) is 0 Å². The molecule has 94 valence electrons. The first-order valence-electron chi connectivity index (χ1n) is 5.11. The first-order valence-corrected chi connectivity index (χ1v) is 5.11. The number of carboxylic acid groups (broad SMARTS) is 1. The number of carboxylic acids is 1. The lowest BCUT2D eigenvalue weighted by Crippen LogP contribution is -2.18. The summed E-state index contributed by atoms with van der Waals surface area (Å²) in [5.41, 5.74) is -0.102. The van der Waals surface area contributed by atoms with Crippen LogP contribution in [0.2, 0.25) is 0 Å². The number of nitrogens with one attached hydrogen (secondary N) is 1. The molecule has 1 unspecified atom stereocenters. The number of hydrogen-bond acceptors (Lipinski definition) is 6. The summed E-state index contributed by atoms with van der Waals surface area (Å²) in [6.07, 6.45) is -0.0188. The lowest BCUT2D eigenvalue weighted by molar-refractivity contribution is 0.0615. The van der Waals surface area contributed by atoms with E-state index in [4.69, 9.17) is 9.84 Å². The number of hydrogen-bond donors (Lipinski definition) is 3. The first kappa shape index (κ1) is 13.3. The van der Waals surface area contributed by atoms with Gasteiger partial charge in [-0.3, -0.25) is 0 Å². The molecule has 1 aromatic rings. The van der Waals surface area contributed by atoms with Gasteiger partial charge >= 0.3 is 5.97 Å². The Morgan fingerprint density at radius 1 is 1.53 bits per heavy atom. The Balaban J connectivity index is 2.34. The third-order valence-electron chi connectivity index (χ3n) is 2.03. The minimum Gasteiger partial charge on any atom is -0.476 e. The highest BCUT2D eigenvalue weighted by atomic mass is 16.5. The van der Waals surface area contributed by atoms with Gasteiger partial charge in [-0.1, -0.05) is 0 Å². The van der Waals surface area contributed by atoms with E-state index in [9.17, 15) is 9.90 Å². The molecule has 0 aromatic carbocycles. The lowest BCUT2D eigenvalue weighted by Gasteiger charge is -2.09. The van der Waals surface area contributed by atoms with Crippen LogP contribution in [-0.2, 0) is 4.74 Å². The number of aromatic carboxylic acids is 1. The van der Waals surface area contributed by atoms with Crippen molar-refractivity contribution in [1.82, 2.24) is 10.2 Å². The second-order valence-corrected chi connectivity index (χ2v) is 3.43. The Bertz CT molecular complexity index is 355. The molecule has 0 fully saturated rings.